The maximum Gasteiger partial charge on any atom is 0.203 e. The van der Waals surface area contributed by atoms with Gasteiger partial charge in [-0.2, -0.15) is 0 Å². The molecule has 2 heterocycles. The fourth-order valence-corrected chi connectivity index (χ4v) is 3.75. The highest BCUT2D eigenvalue weighted by Crippen LogP contribution is 2.40. The lowest BCUT2D eigenvalue weighted by molar-refractivity contribution is 0.633. The normalized spacial score (nSPS) is 13.4. The van der Waals surface area contributed by atoms with E-state index < -0.39 is 0 Å². The van der Waals surface area contributed by atoms with Crippen LogP contribution >= 0.6 is 44.3 Å². The summed E-state index contributed by atoms with van der Waals surface area (Å²) >= 11 is 7.33. The molecular formula is C13H17Br2ClN4. The van der Waals surface area contributed by atoms with Crippen LogP contribution in [0, 0.1) is 6.92 Å². The van der Waals surface area contributed by atoms with Crippen LogP contribution in [-0.2, 0) is 13.0 Å². The molecule has 1 aliphatic heterocycles. The van der Waals surface area contributed by atoms with Crippen molar-refractivity contribution in [1.82, 2.24) is 9.55 Å². The van der Waals surface area contributed by atoms with E-state index in [4.69, 9.17) is 10.7 Å². The van der Waals surface area contributed by atoms with Gasteiger partial charge in [-0.05, 0) is 62.8 Å². The minimum absolute atomic E-state index is 0. The van der Waals surface area contributed by atoms with Crippen LogP contribution < -0.4 is 11.1 Å². The summed E-state index contributed by atoms with van der Waals surface area (Å²) in [4.78, 5) is 4.74. The van der Waals surface area contributed by atoms with Gasteiger partial charge >= 0.3 is 0 Å². The standard InChI is InChI=1S/C13H16Br2N4.ClH/c1-7-8-3-2-6-19-12(8)11(10(15)9(7)14)18-13(19)17-5-4-16;/h2-6,16H2,1H3,(H,17,18);1H. The van der Waals surface area contributed by atoms with Crippen LogP contribution in [0.3, 0.4) is 0 Å². The van der Waals surface area contributed by atoms with Crippen molar-refractivity contribution in [2.45, 2.75) is 26.3 Å². The number of anilines is 1. The summed E-state index contributed by atoms with van der Waals surface area (Å²) in [5.74, 6) is 0.930. The predicted octanol–water partition coefficient (Wildman–Crippen LogP) is 3.61. The van der Waals surface area contributed by atoms with Crippen LogP contribution in [0.4, 0.5) is 5.95 Å². The van der Waals surface area contributed by atoms with Crippen molar-refractivity contribution in [1.29, 1.82) is 0 Å². The molecule has 0 aliphatic carbocycles. The number of rotatable bonds is 3. The maximum atomic E-state index is 5.57. The largest absolute Gasteiger partial charge is 0.354 e. The van der Waals surface area contributed by atoms with Crippen LogP contribution in [0.15, 0.2) is 8.95 Å². The first-order chi connectivity index (χ1) is 9.15. The average molecular weight is 425 g/mol. The molecule has 7 heteroatoms. The molecule has 0 saturated heterocycles. The van der Waals surface area contributed by atoms with E-state index in [1.807, 2.05) is 0 Å². The summed E-state index contributed by atoms with van der Waals surface area (Å²) in [5.41, 5.74) is 10.6. The Hall–Kier alpha value is -0.300. The molecule has 0 unspecified atom stereocenters. The third-order valence-electron chi connectivity index (χ3n) is 3.67. The monoisotopic (exact) mass is 422 g/mol. The molecular weight excluding hydrogens is 407 g/mol. The third kappa shape index (κ3) is 2.36. The Kier molecular flexibility index (Phi) is 5.00. The van der Waals surface area contributed by atoms with Crippen LogP contribution in [-0.4, -0.2) is 22.6 Å². The molecule has 0 bridgehead atoms. The highest BCUT2D eigenvalue weighted by molar-refractivity contribution is 9.13. The van der Waals surface area contributed by atoms with Gasteiger partial charge in [0.2, 0.25) is 5.95 Å². The van der Waals surface area contributed by atoms with Gasteiger partial charge in [0, 0.05) is 24.1 Å². The number of nitrogens with one attached hydrogen (secondary N) is 1. The number of aryl methyl sites for hydroxylation is 2. The Balaban J connectivity index is 0.00000147. The molecule has 3 N–H and O–H groups in total. The summed E-state index contributed by atoms with van der Waals surface area (Å²) in [6.45, 7) is 4.54. The van der Waals surface area contributed by atoms with Crippen molar-refractivity contribution in [3.05, 3.63) is 20.1 Å². The van der Waals surface area contributed by atoms with Crippen molar-refractivity contribution < 1.29 is 0 Å². The van der Waals surface area contributed by atoms with E-state index in [1.165, 1.54) is 16.6 Å². The number of aromatic nitrogens is 2. The molecule has 4 nitrogen and oxygen atoms in total. The van der Waals surface area contributed by atoms with Crippen molar-refractivity contribution in [3.63, 3.8) is 0 Å². The Morgan fingerprint density at radius 2 is 2.10 bits per heavy atom. The summed E-state index contributed by atoms with van der Waals surface area (Å²) < 4.78 is 4.45. The molecule has 0 atom stereocenters. The molecule has 1 aromatic carbocycles. The lowest BCUT2D eigenvalue weighted by Gasteiger charge is -2.20. The molecule has 0 saturated carbocycles. The molecule has 20 heavy (non-hydrogen) atoms. The SMILES string of the molecule is Cc1c(Br)c(Br)c2nc(NCCN)n3c2c1CCC3.Cl. The molecule has 0 fully saturated rings. The van der Waals surface area contributed by atoms with E-state index in [1.54, 1.807) is 0 Å². The zero-order valence-corrected chi connectivity index (χ0v) is 15.2. The van der Waals surface area contributed by atoms with Gasteiger partial charge in [-0.3, -0.25) is 0 Å². The van der Waals surface area contributed by atoms with E-state index >= 15 is 0 Å². The van der Waals surface area contributed by atoms with Gasteiger partial charge in [0.05, 0.1) is 9.99 Å². The molecule has 110 valence electrons. The highest BCUT2D eigenvalue weighted by Gasteiger charge is 2.23. The van der Waals surface area contributed by atoms with Gasteiger partial charge < -0.3 is 15.6 Å². The predicted molar refractivity (Wildman–Crippen MR) is 93.0 cm³/mol. The van der Waals surface area contributed by atoms with E-state index in [9.17, 15) is 0 Å². The second-order valence-corrected chi connectivity index (χ2v) is 6.42. The van der Waals surface area contributed by atoms with Crippen LogP contribution in [0.5, 0.6) is 0 Å². The van der Waals surface area contributed by atoms with Gasteiger partial charge in [-0.1, -0.05) is 0 Å². The fraction of sp³-hybridized carbons (Fsp3) is 0.462. The molecule has 3 rings (SSSR count). The second kappa shape index (κ2) is 6.22. The number of nitrogens with zero attached hydrogens (tertiary/aromatic N) is 2. The Morgan fingerprint density at radius 1 is 1.35 bits per heavy atom. The number of imidazole rings is 1. The second-order valence-electron chi connectivity index (χ2n) is 4.83. The minimum Gasteiger partial charge on any atom is -0.354 e. The van der Waals surface area contributed by atoms with Gasteiger partial charge in [0.1, 0.15) is 5.52 Å². The molecule has 1 aromatic heterocycles. The molecule has 0 spiro atoms. The topological polar surface area (TPSA) is 55.9 Å². The molecule has 1 aliphatic rings. The first-order valence-corrected chi connectivity index (χ1v) is 8.04. The van der Waals surface area contributed by atoms with Crippen molar-refractivity contribution in [3.8, 4) is 0 Å². The van der Waals surface area contributed by atoms with Crippen LogP contribution in [0.1, 0.15) is 17.5 Å². The average Bonchev–Trinajstić information content (AvgIpc) is 2.80. The zero-order valence-electron chi connectivity index (χ0n) is 11.2. The Morgan fingerprint density at radius 3 is 2.80 bits per heavy atom. The first-order valence-electron chi connectivity index (χ1n) is 6.45. The van der Waals surface area contributed by atoms with E-state index in [0.717, 1.165) is 46.3 Å². The number of hydrogen-bond donors (Lipinski definition) is 2. The van der Waals surface area contributed by atoms with E-state index in [-0.39, 0.29) is 12.4 Å². The quantitative estimate of drug-likeness (QED) is 0.792. The van der Waals surface area contributed by atoms with Crippen LogP contribution in [0.2, 0.25) is 0 Å². The zero-order chi connectivity index (χ0) is 13.6. The number of benzene rings is 1. The van der Waals surface area contributed by atoms with Gasteiger partial charge in [-0.15, -0.1) is 12.4 Å². The molecule has 2 aromatic rings. The van der Waals surface area contributed by atoms with Gasteiger partial charge in [0.25, 0.3) is 0 Å². The molecule has 0 radical (unpaired) electrons. The highest BCUT2D eigenvalue weighted by atomic mass is 79.9. The smallest absolute Gasteiger partial charge is 0.203 e. The summed E-state index contributed by atoms with van der Waals surface area (Å²) in [6, 6.07) is 0. The number of halogens is 3. The van der Waals surface area contributed by atoms with Crippen molar-refractivity contribution in [2.24, 2.45) is 5.73 Å². The third-order valence-corrected chi connectivity index (χ3v) is 5.97. The lowest BCUT2D eigenvalue weighted by Crippen LogP contribution is -2.17. The van der Waals surface area contributed by atoms with Crippen molar-refractivity contribution >= 4 is 61.2 Å². The minimum atomic E-state index is 0. The van der Waals surface area contributed by atoms with E-state index in [2.05, 4.69) is 48.7 Å². The lowest BCUT2D eigenvalue weighted by atomic mass is 9.99. The van der Waals surface area contributed by atoms with Crippen LogP contribution in [0.25, 0.3) is 11.0 Å². The molecule has 0 amide bonds. The Labute approximate surface area is 141 Å². The summed E-state index contributed by atoms with van der Waals surface area (Å²) in [6.07, 6.45) is 2.28. The number of nitrogens with two attached hydrogens (primary N) is 1. The maximum absolute atomic E-state index is 5.57. The Bertz CT molecular complexity index is 654. The fourth-order valence-electron chi connectivity index (χ4n) is 2.75. The van der Waals surface area contributed by atoms with Gasteiger partial charge in [0.15, 0.2) is 0 Å². The summed E-state index contributed by atoms with van der Waals surface area (Å²) in [5, 5.41) is 3.32. The number of hydrogen-bond acceptors (Lipinski definition) is 3. The first kappa shape index (κ1) is 16.1. The van der Waals surface area contributed by atoms with E-state index in [0.29, 0.717) is 6.54 Å². The van der Waals surface area contributed by atoms with Gasteiger partial charge in [-0.25, -0.2) is 4.98 Å². The van der Waals surface area contributed by atoms with Crippen molar-refractivity contribution in [2.75, 3.05) is 18.4 Å². The summed E-state index contributed by atoms with van der Waals surface area (Å²) in [7, 11) is 0.